The summed E-state index contributed by atoms with van der Waals surface area (Å²) in [6.07, 6.45) is -3.80. The van der Waals surface area contributed by atoms with Crippen molar-refractivity contribution in [3.05, 3.63) is 54.1 Å². The van der Waals surface area contributed by atoms with Gasteiger partial charge in [0.15, 0.2) is 0 Å². The number of urea groups is 1. The highest BCUT2D eigenvalue weighted by atomic mass is 32.2. The highest BCUT2D eigenvalue weighted by molar-refractivity contribution is 7.89. The quantitative estimate of drug-likeness (QED) is 0.635. The molecule has 2 aromatic carbocycles. The molecule has 0 radical (unpaired) electrons. The van der Waals surface area contributed by atoms with Gasteiger partial charge in [0.05, 0.1) is 10.5 Å². The molecule has 3 N–H and O–H groups in total. The zero-order chi connectivity index (χ0) is 22.8. The number of carbonyl (C=O) groups is 2. The summed E-state index contributed by atoms with van der Waals surface area (Å²) in [5, 5.41) is 14.0. The number of alkyl halides is 3. The fourth-order valence-corrected chi connectivity index (χ4v) is 4.81. The third kappa shape index (κ3) is 5.14. The number of anilines is 2. The topological polar surface area (TPSA) is 116 Å². The number of amides is 2. The van der Waals surface area contributed by atoms with Gasteiger partial charge in [-0.05, 0) is 61.4 Å². The van der Waals surface area contributed by atoms with Crippen molar-refractivity contribution in [2.75, 3.05) is 17.2 Å². The lowest BCUT2D eigenvalue weighted by molar-refractivity contribution is -0.140. The Balaban J connectivity index is 1.65. The molecule has 1 atom stereocenters. The number of carboxylic acid groups (broad SMARTS) is 1. The van der Waals surface area contributed by atoms with E-state index < -0.39 is 39.8 Å². The first-order chi connectivity index (χ1) is 14.5. The van der Waals surface area contributed by atoms with Crippen LogP contribution in [0, 0.1) is 0 Å². The Morgan fingerprint density at radius 3 is 1.97 bits per heavy atom. The maximum absolute atomic E-state index is 12.7. The Labute approximate surface area is 175 Å². The molecule has 3 rings (SSSR count). The number of nitrogens with one attached hydrogen (secondary N) is 2. The first-order valence-corrected chi connectivity index (χ1v) is 10.5. The summed E-state index contributed by atoms with van der Waals surface area (Å²) in [6, 6.07) is 7.14. The lowest BCUT2D eigenvalue weighted by Crippen LogP contribution is -2.40. The van der Waals surface area contributed by atoms with Crippen LogP contribution >= 0.6 is 0 Å². The number of nitrogens with zero attached hydrogens (tertiary/aromatic N) is 1. The summed E-state index contributed by atoms with van der Waals surface area (Å²) in [4.78, 5) is 23.2. The maximum Gasteiger partial charge on any atom is 0.416 e. The van der Waals surface area contributed by atoms with Crippen LogP contribution in [-0.4, -0.2) is 42.4 Å². The number of sulfonamides is 1. The summed E-state index contributed by atoms with van der Waals surface area (Å²) in [6.45, 7) is 0.106. The van der Waals surface area contributed by atoms with Gasteiger partial charge in [0.2, 0.25) is 10.0 Å². The molecule has 0 spiro atoms. The average molecular weight is 457 g/mol. The average Bonchev–Trinajstić information content (AvgIpc) is 3.19. The van der Waals surface area contributed by atoms with Gasteiger partial charge in [0.25, 0.3) is 0 Å². The van der Waals surface area contributed by atoms with Crippen molar-refractivity contribution in [1.82, 2.24) is 4.31 Å². The molecule has 31 heavy (non-hydrogen) atoms. The molecule has 12 heteroatoms. The fourth-order valence-electron chi connectivity index (χ4n) is 3.16. The number of halogens is 3. The van der Waals surface area contributed by atoms with E-state index in [0.29, 0.717) is 6.42 Å². The summed E-state index contributed by atoms with van der Waals surface area (Å²) in [5.74, 6) is -1.21. The molecule has 1 heterocycles. The Morgan fingerprint density at radius 2 is 1.48 bits per heavy atom. The molecule has 0 aliphatic carbocycles. The smallest absolute Gasteiger partial charge is 0.416 e. The lowest BCUT2D eigenvalue weighted by atomic mass is 10.2. The minimum atomic E-state index is -4.48. The highest BCUT2D eigenvalue weighted by Crippen LogP contribution is 2.30. The summed E-state index contributed by atoms with van der Waals surface area (Å²) >= 11 is 0. The van der Waals surface area contributed by atoms with E-state index in [1.54, 1.807) is 0 Å². The Morgan fingerprint density at radius 1 is 0.968 bits per heavy atom. The van der Waals surface area contributed by atoms with Crippen LogP contribution in [0.4, 0.5) is 29.3 Å². The monoisotopic (exact) mass is 457 g/mol. The molecule has 2 aromatic rings. The number of carbonyl (C=O) groups excluding carboxylic acids is 1. The number of carboxylic acids is 1. The van der Waals surface area contributed by atoms with Gasteiger partial charge in [0, 0.05) is 17.9 Å². The number of hydrogen-bond donors (Lipinski definition) is 3. The van der Waals surface area contributed by atoms with E-state index in [0.717, 1.165) is 28.6 Å². The fraction of sp³-hybridized carbons (Fsp3) is 0.263. The van der Waals surface area contributed by atoms with Gasteiger partial charge in [-0.15, -0.1) is 0 Å². The zero-order valence-electron chi connectivity index (χ0n) is 15.9. The summed E-state index contributed by atoms with van der Waals surface area (Å²) in [7, 11) is -4.01. The van der Waals surface area contributed by atoms with E-state index in [1.165, 1.54) is 24.3 Å². The van der Waals surface area contributed by atoms with E-state index in [-0.39, 0.29) is 29.2 Å². The van der Waals surface area contributed by atoms with Crippen molar-refractivity contribution < 1.29 is 36.3 Å². The summed E-state index contributed by atoms with van der Waals surface area (Å²) < 4.78 is 64.1. The van der Waals surface area contributed by atoms with Crippen molar-refractivity contribution >= 4 is 33.4 Å². The normalized spacial score (nSPS) is 17.3. The summed E-state index contributed by atoms with van der Waals surface area (Å²) in [5.41, 5.74) is -0.476. The molecule has 1 fully saturated rings. The zero-order valence-corrected chi connectivity index (χ0v) is 16.7. The van der Waals surface area contributed by atoms with Crippen molar-refractivity contribution in [1.29, 1.82) is 0 Å². The van der Waals surface area contributed by atoms with E-state index >= 15 is 0 Å². The molecule has 1 aliphatic rings. The molecule has 1 saturated heterocycles. The predicted molar refractivity (Wildman–Crippen MR) is 105 cm³/mol. The van der Waals surface area contributed by atoms with Gasteiger partial charge in [-0.2, -0.15) is 17.5 Å². The standard InChI is InChI=1S/C19H18F3N3O5S/c20-19(21,22)12-3-5-13(6-4-12)23-18(28)24-14-7-9-15(10-8-14)31(29,30)25-11-1-2-16(25)17(26)27/h3-10,16H,1-2,11H2,(H,26,27)(H2,23,24,28)/t16-/m0/s1. The van der Waals surface area contributed by atoms with Crippen LogP contribution in [0.5, 0.6) is 0 Å². The molecule has 1 aliphatic heterocycles. The molecule has 166 valence electrons. The van der Waals surface area contributed by atoms with Gasteiger partial charge in [-0.1, -0.05) is 0 Å². The van der Waals surface area contributed by atoms with Crippen molar-refractivity contribution in [3.63, 3.8) is 0 Å². The highest BCUT2D eigenvalue weighted by Gasteiger charge is 2.39. The Kier molecular flexibility index (Phi) is 6.23. The van der Waals surface area contributed by atoms with E-state index in [2.05, 4.69) is 10.6 Å². The van der Waals surface area contributed by atoms with Gasteiger partial charge in [0.1, 0.15) is 6.04 Å². The van der Waals surface area contributed by atoms with Crippen LogP contribution in [0.25, 0.3) is 0 Å². The predicted octanol–water partition coefficient (Wildman–Crippen LogP) is 3.59. The second-order valence-corrected chi connectivity index (χ2v) is 8.68. The van der Waals surface area contributed by atoms with Gasteiger partial charge in [-0.3, -0.25) is 4.79 Å². The molecule has 0 unspecified atom stereocenters. The van der Waals surface area contributed by atoms with Crippen LogP contribution in [-0.2, 0) is 21.0 Å². The van der Waals surface area contributed by atoms with Crippen LogP contribution in [0.3, 0.4) is 0 Å². The second-order valence-electron chi connectivity index (χ2n) is 6.79. The molecule has 2 amide bonds. The van der Waals surface area contributed by atoms with Crippen LogP contribution in [0.2, 0.25) is 0 Å². The number of hydrogen-bond acceptors (Lipinski definition) is 4. The van der Waals surface area contributed by atoms with Gasteiger partial charge >= 0.3 is 18.2 Å². The SMILES string of the molecule is O=C(Nc1ccc(C(F)(F)F)cc1)Nc1ccc(S(=O)(=O)N2CCC[C@H]2C(=O)O)cc1. The van der Waals surface area contributed by atoms with Crippen molar-refractivity contribution in [2.24, 2.45) is 0 Å². The largest absolute Gasteiger partial charge is 0.480 e. The maximum atomic E-state index is 12.7. The second kappa shape index (κ2) is 8.55. The molecule has 0 bridgehead atoms. The van der Waals surface area contributed by atoms with E-state index in [1.807, 2.05) is 0 Å². The lowest BCUT2D eigenvalue weighted by Gasteiger charge is -2.21. The molecule has 0 saturated carbocycles. The van der Waals surface area contributed by atoms with Crippen LogP contribution in [0.1, 0.15) is 18.4 Å². The Hall–Kier alpha value is -3.12. The van der Waals surface area contributed by atoms with Gasteiger partial charge < -0.3 is 15.7 Å². The Bertz CT molecular complexity index is 1070. The first kappa shape index (κ1) is 22.6. The van der Waals surface area contributed by atoms with Crippen LogP contribution < -0.4 is 10.6 Å². The van der Waals surface area contributed by atoms with Crippen molar-refractivity contribution in [2.45, 2.75) is 30.0 Å². The van der Waals surface area contributed by atoms with Crippen LogP contribution in [0.15, 0.2) is 53.4 Å². The number of benzene rings is 2. The third-order valence-corrected chi connectivity index (χ3v) is 6.60. The minimum Gasteiger partial charge on any atom is -0.480 e. The minimum absolute atomic E-state index is 0.106. The molecule has 8 nitrogen and oxygen atoms in total. The van der Waals surface area contributed by atoms with Crippen molar-refractivity contribution in [3.8, 4) is 0 Å². The van der Waals surface area contributed by atoms with E-state index in [9.17, 15) is 36.3 Å². The van der Waals surface area contributed by atoms with E-state index in [4.69, 9.17) is 0 Å². The third-order valence-electron chi connectivity index (χ3n) is 4.68. The van der Waals surface area contributed by atoms with Gasteiger partial charge in [-0.25, -0.2) is 13.2 Å². The number of rotatable bonds is 5. The molecular weight excluding hydrogens is 439 g/mol. The number of aliphatic carboxylic acids is 1. The molecular formula is C19H18F3N3O5S. The molecule has 0 aromatic heterocycles. The first-order valence-electron chi connectivity index (χ1n) is 9.08.